The van der Waals surface area contributed by atoms with Crippen molar-refractivity contribution in [1.29, 1.82) is 0 Å². The largest absolute Gasteiger partial charge is 0.319 e. The summed E-state index contributed by atoms with van der Waals surface area (Å²) >= 11 is 5.90. The number of carbonyl (C=O) groups is 1. The number of halogens is 1. The summed E-state index contributed by atoms with van der Waals surface area (Å²) in [5.41, 5.74) is 2.69. The molecule has 1 N–H and O–H groups in total. The molecule has 0 radical (unpaired) electrons. The molecular formula is C18H17ClN4O. The summed E-state index contributed by atoms with van der Waals surface area (Å²) in [4.78, 5) is 16.6. The monoisotopic (exact) mass is 340 g/mol. The summed E-state index contributed by atoms with van der Waals surface area (Å²) < 4.78 is 1.62. The molecule has 122 valence electrons. The van der Waals surface area contributed by atoms with Crippen LogP contribution in [0.15, 0.2) is 48.5 Å². The SMILES string of the molecule is CCc1cccc(NC(=O)c2nc(C)n(-c3ccc(Cl)cc3)n2)c1. The number of nitrogens with one attached hydrogen (secondary N) is 1. The minimum Gasteiger partial charge on any atom is -0.319 e. The van der Waals surface area contributed by atoms with E-state index < -0.39 is 0 Å². The summed E-state index contributed by atoms with van der Waals surface area (Å²) in [6.07, 6.45) is 0.909. The number of aryl methyl sites for hydroxylation is 2. The molecule has 1 aromatic heterocycles. The zero-order valence-corrected chi connectivity index (χ0v) is 14.2. The van der Waals surface area contributed by atoms with E-state index in [2.05, 4.69) is 22.3 Å². The predicted octanol–water partition coefficient (Wildman–Crippen LogP) is 4.04. The first kappa shape index (κ1) is 16.2. The molecule has 24 heavy (non-hydrogen) atoms. The molecule has 0 saturated carbocycles. The molecular weight excluding hydrogens is 324 g/mol. The third kappa shape index (κ3) is 3.46. The lowest BCUT2D eigenvalue weighted by atomic mass is 10.1. The number of rotatable bonds is 4. The first-order valence-electron chi connectivity index (χ1n) is 7.66. The van der Waals surface area contributed by atoms with Crippen molar-refractivity contribution in [2.75, 3.05) is 5.32 Å². The van der Waals surface area contributed by atoms with Crippen molar-refractivity contribution >= 4 is 23.2 Å². The maximum Gasteiger partial charge on any atom is 0.295 e. The second kappa shape index (κ2) is 6.84. The van der Waals surface area contributed by atoms with E-state index in [0.29, 0.717) is 10.8 Å². The van der Waals surface area contributed by atoms with Gasteiger partial charge in [-0.3, -0.25) is 4.79 Å². The highest BCUT2D eigenvalue weighted by Crippen LogP contribution is 2.15. The number of aromatic nitrogens is 3. The van der Waals surface area contributed by atoms with Crippen molar-refractivity contribution in [3.8, 4) is 5.69 Å². The van der Waals surface area contributed by atoms with Gasteiger partial charge in [-0.25, -0.2) is 9.67 Å². The van der Waals surface area contributed by atoms with Crippen LogP contribution < -0.4 is 5.32 Å². The zero-order valence-electron chi connectivity index (χ0n) is 13.5. The molecule has 0 fully saturated rings. The van der Waals surface area contributed by atoms with Crippen LogP contribution in [0.2, 0.25) is 5.02 Å². The van der Waals surface area contributed by atoms with E-state index in [1.54, 1.807) is 23.7 Å². The Balaban J connectivity index is 1.83. The van der Waals surface area contributed by atoms with Gasteiger partial charge in [-0.15, -0.1) is 5.10 Å². The maximum absolute atomic E-state index is 12.4. The molecule has 3 rings (SSSR count). The van der Waals surface area contributed by atoms with Gasteiger partial charge in [0, 0.05) is 10.7 Å². The molecule has 6 heteroatoms. The Kier molecular flexibility index (Phi) is 4.62. The van der Waals surface area contributed by atoms with E-state index in [1.807, 2.05) is 36.4 Å². The summed E-state index contributed by atoms with van der Waals surface area (Å²) in [7, 11) is 0. The second-order valence-corrected chi connectivity index (χ2v) is 5.82. The van der Waals surface area contributed by atoms with Gasteiger partial charge in [0.25, 0.3) is 5.91 Å². The van der Waals surface area contributed by atoms with E-state index in [9.17, 15) is 4.79 Å². The number of benzene rings is 2. The first-order valence-corrected chi connectivity index (χ1v) is 8.04. The van der Waals surface area contributed by atoms with E-state index >= 15 is 0 Å². The van der Waals surface area contributed by atoms with Gasteiger partial charge in [0.1, 0.15) is 5.82 Å². The van der Waals surface area contributed by atoms with E-state index in [4.69, 9.17) is 11.6 Å². The van der Waals surface area contributed by atoms with Crippen LogP contribution in [0, 0.1) is 6.92 Å². The first-order chi connectivity index (χ1) is 11.6. The topological polar surface area (TPSA) is 59.8 Å². The lowest BCUT2D eigenvalue weighted by Crippen LogP contribution is -2.14. The quantitative estimate of drug-likeness (QED) is 0.779. The lowest BCUT2D eigenvalue weighted by Gasteiger charge is -2.04. The highest BCUT2D eigenvalue weighted by Gasteiger charge is 2.15. The Hall–Kier alpha value is -2.66. The standard InChI is InChI=1S/C18H17ClN4O/c1-3-13-5-4-6-15(11-13)21-18(24)17-20-12(2)23(22-17)16-9-7-14(19)8-10-16/h4-11H,3H2,1-2H3,(H,21,24). The summed E-state index contributed by atoms with van der Waals surface area (Å²) in [6, 6.07) is 14.9. The van der Waals surface area contributed by atoms with Gasteiger partial charge in [-0.1, -0.05) is 30.7 Å². The fraction of sp³-hybridized carbons (Fsp3) is 0.167. The third-order valence-electron chi connectivity index (χ3n) is 3.64. The predicted molar refractivity (Wildman–Crippen MR) is 94.9 cm³/mol. The molecule has 0 spiro atoms. The normalized spacial score (nSPS) is 10.6. The highest BCUT2D eigenvalue weighted by molar-refractivity contribution is 6.30. The van der Waals surface area contributed by atoms with Crippen molar-refractivity contribution < 1.29 is 4.79 Å². The summed E-state index contributed by atoms with van der Waals surface area (Å²) in [6.45, 7) is 3.87. The molecule has 5 nitrogen and oxygen atoms in total. The Morgan fingerprint density at radius 3 is 2.67 bits per heavy atom. The summed E-state index contributed by atoms with van der Waals surface area (Å²) in [5, 5.41) is 7.78. The molecule has 1 amide bonds. The Morgan fingerprint density at radius 1 is 1.21 bits per heavy atom. The molecule has 0 bridgehead atoms. The van der Waals surface area contributed by atoms with E-state index in [-0.39, 0.29) is 11.7 Å². The molecule has 0 atom stereocenters. The average Bonchev–Trinajstić information content (AvgIpc) is 2.98. The van der Waals surface area contributed by atoms with Crippen LogP contribution in [0.25, 0.3) is 5.69 Å². The number of carbonyl (C=O) groups excluding carboxylic acids is 1. The number of anilines is 1. The highest BCUT2D eigenvalue weighted by atomic mass is 35.5. The lowest BCUT2D eigenvalue weighted by molar-refractivity contribution is 0.101. The second-order valence-electron chi connectivity index (χ2n) is 5.38. The fourth-order valence-electron chi connectivity index (χ4n) is 2.37. The third-order valence-corrected chi connectivity index (χ3v) is 3.89. The molecule has 0 aliphatic carbocycles. The molecule has 1 heterocycles. The Bertz CT molecular complexity index is 871. The number of amides is 1. The molecule has 3 aromatic rings. The van der Waals surface area contributed by atoms with Crippen LogP contribution in [0.4, 0.5) is 5.69 Å². The van der Waals surface area contributed by atoms with E-state index in [1.165, 1.54) is 0 Å². The van der Waals surface area contributed by atoms with Crippen molar-refractivity contribution in [2.45, 2.75) is 20.3 Å². The van der Waals surface area contributed by atoms with Crippen LogP contribution in [0.1, 0.15) is 28.9 Å². The minimum atomic E-state index is -0.334. The van der Waals surface area contributed by atoms with Crippen LogP contribution in [0.3, 0.4) is 0 Å². The van der Waals surface area contributed by atoms with Gasteiger partial charge in [-0.05, 0) is 55.3 Å². The number of nitrogens with zero attached hydrogens (tertiary/aromatic N) is 3. The molecule has 0 aliphatic rings. The van der Waals surface area contributed by atoms with Gasteiger partial charge in [0.2, 0.25) is 5.82 Å². The van der Waals surface area contributed by atoms with Crippen molar-refractivity contribution in [3.63, 3.8) is 0 Å². The number of hydrogen-bond acceptors (Lipinski definition) is 3. The summed E-state index contributed by atoms with van der Waals surface area (Å²) in [5.74, 6) is 0.424. The Morgan fingerprint density at radius 2 is 1.96 bits per heavy atom. The molecule has 0 saturated heterocycles. The van der Waals surface area contributed by atoms with Crippen molar-refractivity contribution in [1.82, 2.24) is 14.8 Å². The van der Waals surface area contributed by atoms with Crippen molar-refractivity contribution in [3.05, 3.63) is 70.8 Å². The average molecular weight is 341 g/mol. The van der Waals surface area contributed by atoms with Crippen LogP contribution in [-0.2, 0) is 6.42 Å². The van der Waals surface area contributed by atoms with Crippen molar-refractivity contribution in [2.24, 2.45) is 0 Å². The fourth-order valence-corrected chi connectivity index (χ4v) is 2.50. The zero-order chi connectivity index (χ0) is 17.1. The minimum absolute atomic E-state index is 0.129. The van der Waals surface area contributed by atoms with Crippen LogP contribution in [0.5, 0.6) is 0 Å². The van der Waals surface area contributed by atoms with Gasteiger partial charge < -0.3 is 5.32 Å². The van der Waals surface area contributed by atoms with Gasteiger partial charge in [0.05, 0.1) is 5.69 Å². The Labute approximate surface area is 145 Å². The smallest absolute Gasteiger partial charge is 0.295 e. The molecule has 2 aromatic carbocycles. The van der Waals surface area contributed by atoms with Gasteiger partial charge >= 0.3 is 0 Å². The van der Waals surface area contributed by atoms with Gasteiger partial charge in [-0.2, -0.15) is 0 Å². The van der Waals surface area contributed by atoms with E-state index in [0.717, 1.165) is 23.4 Å². The maximum atomic E-state index is 12.4. The van der Waals surface area contributed by atoms with Gasteiger partial charge in [0.15, 0.2) is 0 Å². The number of hydrogen-bond donors (Lipinski definition) is 1. The molecule has 0 unspecified atom stereocenters. The van der Waals surface area contributed by atoms with Crippen LogP contribution in [-0.4, -0.2) is 20.7 Å². The molecule has 0 aliphatic heterocycles. The van der Waals surface area contributed by atoms with Crippen LogP contribution >= 0.6 is 11.6 Å².